The second-order valence-corrected chi connectivity index (χ2v) is 5.23. The van der Waals surface area contributed by atoms with Crippen LogP contribution in [-0.2, 0) is 4.74 Å². The molecule has 0 aliphatic heterocycles. The van der Waals surface area contributed by atoms with E-state index in [0.29, 0.717) is 12.4 Å². The summed E-state index contributed by atoms with van der Waals surface area (Å²) >= 11 is 1.57. The van der Waals surface area contributed by atoms with Gasteiger partial charge in [0.25, 0.3) is 0 Å². The molecular formula is C11H16N4O2S. The van der Waals surface area contributed by atoms with Crippen LogP contribution in [0.4, 0.5) is 11.8 Å². The van der Waals surface area contributed by atoms with E-state index in [2.05, 4.69) is 15.3 Å². The Balaban J connectivity index is 2.21. The third-order valence-electron chi connectivity index (χ3n) is 2.40. The summed E-state index contributed by atoms with van der Waals surface area (Å²) in [5, 5.41) is 13.6. The van der Waals surface area contributed by atoms with Gasteiger partial charge in [-0.1, -0.05) is 0 Å². The predicted molar refractivity (Wildman–Crippen MR) is 72.9 cm³/mol. The fourth-order valence-corrected chi connectivity index (χ4v) is 2.55. The highest BCUT2D eigenvalue weighted by molar-refractivity contribution is 7.18. The molecule has 0 bridgehead atoms. The molecule has 0 spiro atoms. The number of fused-ring (bicyclic) bond motifs is 1. The smallest absolute Gasteiger partial charge is 0.223 e. The number of hydrogen-bond donors (Lipinski definition) is 3. The van der Waals surface area contributed by atoms with Crippen LogP contribution >= 0.6 is 11.3 Å². The topological polar surface area (TPSA) is 93.3 Å². The first-order valence-electron chi connectivity index (χ1n) is 5.54. The third kappa shape index (κ3) is 2.87. The summed E-state index contributed by atoms with van der Waals surface area (Å²) in [7, 11) is 1.55. The van der Waals surface area contributed by atoms with Crippen LogP contribution in [-0.4, -0.2) is 41.4 Å². The van der Waals surface area contributed by atoms with Gasteiger partial charge in [-0.2, -0.15) is 4.98 Å². The monoisotopic (exact) mass is 268 g/mol. The highest BCUT2D eigenvalue weighted by Crippen LogP contribution is 2.28. The Bertz CT molecular complexity index is 543. The van der Waals surface area contributed by atoms with Gasteiger partial charge >= 0.3 is 0 Å². The molecule has 1 unspecified atom stereocenters. The molecule has 0 aliphatic rings. The van der Waals surface area contributed by atoms with Crippen molar-refractivity contribution in [1.82, 2.24) is 9.97 Å². The van der Waals surface area contributed by atoms with Crippen molar-refractivity contribution in [2.45, 2.75) is 13.0 Å². The summed E-state index contributed by atoms with van der Waals surface area (Å²) in [5.41, 5.74) is 5.66. The maximum Gasteiger partial charge on any atom is 0.223 e. The molecule has 0 amide bonds. The molecule has 2 aromatic heterocycles. The van der Waals surface area contributed by atoms with E-state index in [1.54, 1.807) is 18.4 Å². The number of aryl methyl sites for hydroxylation is 1. The maximum absolute atomic E-state index is 9.60. The van der Waals surface area contributed by atoms with Gasteiger partial charge in [0.1, 0.15) is 10.6 Å². The van der Waals surface area contributed by atoms with Gasteiger partial charge in [0, 0.05) is 18.5 Å². The molecule has 0 aromatic carbocycles. The molecule has 2 heterocycles. The largest absolute Gasteiger partial charge is 0.389 e. The number of ether oxygens (including phenoxy) is 1. The second kappa shape index (κ2) is 5.47. The lowest BCUT2D eigenvalue weighted by Crippen LogP contribution is -2.24. The zero-order valence-electron chi connectivity index (χ0n) is 10.3. The number of nitrogens with two attached hydrogens (primary N) is 1. The van der Waals surface area contributed by atoms with Crippen LogP contribution in [0.3, 0.4) is 0 Å². The molecule has 2 aromatic rings. The SMILES string of the molecule is COCC(O)CNc1nc(N)nc2sc(C)cc12. The summed E-state index contributed by atoms with van der Waals surface area (Å²) in [5.74, 6) is 0.880. The molecule has 0 fully saturated rings. The van der Waals surface area contributed by atoms with Crippen molar-refractivity contribution in [3.05, 3.63) is 10.9 Å². The molecule has 7 heteroatoms. The van der Waals surface area contributed by atoms with E-state index < -0.39 is 6.10 Å². The van der Waals surface area contributed by atoms with Crippen molar-refractivity contribution < 1.29 is 9.84 Å². The highest BCUT2D eigenvalue weighted by atomic mass is 32.1. The lowest BCUT2D eigenvalue weighted by atomic mass is 10.3. The molecular weight excluding hydrogens is 252 g/mol. The predicted octanol–water partition coefficient (Wildman–Crippen LogP) is 1.00. The molecule has 1 atom stereocenters. The van der Waals surface area contributed by atoms with Gasteiger partial charge < -0.3 is 20.9 Å². The van der Waals surface area contributed by atoms with Gasteiger partial charge in [-0.05, 0) is 13.0 Å². The van der Waals surface area contributed by atoms with Gasteiger partial charge in [0.05, 0.1) is 18.1 Å². The number of rotatable bonds is 5. The van der Waals surface area contributed by atoms with E-state index in [1.807, 2.05) is 13.0 Å². The summed E-state index contributed by atoms with van der Waals surface area (Å²) < 4.78 is 4.86. The lowest BCUT2D eigenvalue weighted by molar-refractivity contribution is 0.0727. The minimum atomic E-state index is -0.582. The average Bonchev–Trinajstić information content (AvgIpc) is 2.66. The molecule has 0 aliphatic carbocycles. The van der Waals surface area contributed by atoms with Crippen molar-refractivity contribution in [2.24, 2.45) is 0 Å². The van der Waals surface area contributed by atoms with Crippen LogP contribution in [0.1, 0.15) is 4.88 Å². The molecule has 18 heavy (non-hydrogen) atoms. The van der Waals surface area contributed by atoms with Crippen molar-refractivity contribution in [1.29, 1.82) is 0 Å². The number of anilines is 2. The van der Waals surface area contributed by atoms with Crippen LogP contribution in [0.15, 0.2) is 6.07 Å². The minimum Gasteiger partial charge on any atom is -0.389 e. The Morgan fingerprint density at radius 2 is 2.33 bits per heavy atom. The highest BCUT2D eigenvalue weighted by Gasteiger charge is 2.10. The van der Waals surface area contributed by atoms with E-state index in [0.717, 1.165) is 15.1 Å². The van der Waals surface area contributed by atoms with Gasteiger partial charge in [-0.3, -0.25) is 0 Å². The summed E-state index contributed by atoms with van der Waals surface area (Å²) in [6, 6.07) is 2.00. The number of aromatic nitrogens is 2. The molecule has 0 radical (unpaired) electrons. The number of aliphatic hydroxyl groups is 1. The number of nitrogens with one attached hydrogen (secondary N) is 1. The number of nitrogens with zero attached hydrogens (tertiary/aromatic N) is 2. The first kappa shape index (κ1) is 13.0. The van der Waals surface area contributed by atoms with E-state index >= 15 is 0 Å². The fraction of sp³-hybridized carbons (Fsp3) is 0.455. The Kier molecular flexibility index (Phi) is 3.95. The molecule has 2 rings (SSSR count). The van der Waals surface area contributed by atoms with Crippen molar-refractivity contribution in [3.8, 4) is 0 Å². The van der Waals surface area contributed by atoms with E-state index in [9.17, 15) is 5.11 Å². The number of hydrogen-bond acceptors (Lipinski definition) is 7. The zero-order valence-corrected chi connectivity index (χ0v) is 11.1. The van der Waals surface area contributed by atoms with Gasteiger partial charge in [-0.25, -0.2) is 4.98 Å². The van der Waals surface area contributed by atoms with Crippen molar-refractivity contribution >= 4 is 33.3 Å². The maximum atomic E-state index is 9.60. The number of methoxy groups -OCH3 is 1. The van der Waals surface area contributed by atoms with Crippen LogP contribution in [0, 0.1) is 6.92 Å². The molecule has 98 valence electrons. The Labute approximate surface area is 109 Å². The summed E-state index contributed by atoms with van der Waals surface area (Å²) in [6.07, 6.45) is -0.582. The van der Waals surface area contributed by atoms with Crippen LogP contribution in [0.2, 0.25) is 0 Å². The number of thiophene rings is 1. The second-order valence-electron chi connectivity index (χ2n) is 4.00. The van der Waals surface area contributed by atoms with Gasteiger partial charge in [-0.15, -0.1) is 11.3 Å². The van der Waals surface area contributed by atoms with Crippen molar-refractivity contribution in [2.75, 3.05) is 31.3 Å². The summed E-state index contributed by atoms with van der Waals surface area (Å²) in [4.78, 5) is 10.3. The Morgan fingerprint density at radius 3 is 3.06 bits per heavy atom. The summed E-state index contributed by atoms with van der Waals surface area (Å²) in [6.45, 7) is 2.64. The standard InChI is InChI=1S/C11H16N4O2S/c1-6-3-8-9(13-4-7(16)5-17-2)14-11(12)15-10(8)18-6/h3,7,16H,4-5H2,1-2H3,(H3,12,13,14,15). The lowest BCUT2D eigenvalue weighted by Gasteiger charge is -2.11. The quantitative estimate of drug-likeness (QED) is 0.749. The normalized spacial score (nSPS) is 12.8. The minimum absolute atomic E-state index is 0.230. The van der Waals surface area contributed by atoms with E-state index in [1.165, 1.54) is 0 Å². The van der Waals surface area contributed by atoms with Gasteiger partial charge in [0.2, 0.25) is 5.95 Å². The fourth-order valence-electron chi connectivity index (χ4n) is 1.66. The zero-order chi connectivity index (χ0) is 13.1. The van der Waals surface area contributed by atoms with Gasteiger partial charge in [0.15, 0.2) is 0 Å². The van der Waals surface area contributed by atoms with Crippen LogP contribution in [0.5, 0.6) is 0 Å². The van der Waals surface area contributed by atoms with E-state index in [4.69, 9.17) is 10.5 Å². The molecule has 6 nitrogen and oxygen atoms in total. The molecule has 0 saturated carbocycles. The van der Waals surface area contributed by atoms with E-state index in [-0.39, 0.29) is 12.6 Å². The number of nitrogen functional groups attached to an aromatic ring is 1. The Hall–Kier alpha value is -1.44. The molecule has 4 N–H and O–H groups in total. The van der Waals surface area contributed by atoms with Crippen LogP contribution in [0.25, 0.3) is 10.2 Å². The first-order chi connectivity index (χ1) is 8.60. The number of aliphatic hydroxyl groups excluding tert-OH is 1. The third-order valence-corrected chi connectivity index (χ3v) is 3.34. The Morgan fingerprint density at radius 1 is 1.56 bits per heavy atom. The first-order valence-corrected chi connectivity index (χ1v) is 6.36. The van der Waals surface area contributed by atoms with Crippen molar-refractivity contribution in [3.63, 3.8) is 0 Å². The van der Waals surface area contributed by atoms with Crippen LogP contribution < -0.4 is 11.1 Å². The molecule has 0 saturated heterocycles. The average molecular weight is 268 g/mol.